The summed E-state index contributed by atoms with van der Waals surface area (Å²) >= 11 is 0. The molecule has 35 heavy (non-hydrogen) atoms. The number of fused-ring (bicyclic) bond motifs is 1. The van der Waals surface area contributed by atoms with E-state index in [2.05, 4.69) is 15.6 Å². The van der Waals surface area contributed by atoms with Gasteiger partial charge in [0, 0.05) is 0 Å². The number of nitrogens with zero attached hydrogens (tertiary/aromatic N) is 3. The van der Waals surface area contributed by atoms with Gasteiger partial charge in [-0.15, -0.1) is 5.10 Å². The van der Waals surface area contributed by atoms with Crippen LogP contribution in [0.15, 0.2) is 60.8 Å². The lowest BCUT2D eigenvalue weighted by molar-refractivity contribution is -0.130. The molecule has 4 rings (SSSR count). The average Bonchev–Trinajstić information content (AvgIpc) is 3.34. The van der Waals surface area contributed by atoms with E-state index in [-0.39, 0.29) is 18.7 Å². The molecule has 8 nitrogen and oxygen atoms in total. The van der Waals surface area contributed by atoms with E-state index >= 15 is 0 Å². The van der Waals surface area contributed by atoms with Crippen LogP contribution in [0, 0.1) is 17.5 Å². The highest BCUT2D eigenvalue weighted by atomic mass is 19.2. The van der Waals surface area contributed by atoms with Crippen LogP contribution in [0.2, 0.25) is 0 Å². The summed E-state index contributed by atoms with van der Waals surface area (Å²) in [5, 5.41) is 21.4. The highest BCUT2D eigenvalue weighted by Gasteiger charge is 2.21. The number of hydroxylamine groups is 1. The standard InChI is InChI=1S/C24H20F3N5O3/c25-20-8-7-19(22(26)23(20)27)24(34)28-12-17-13-32(31-29-17)18(11-21(33)30-35)10-14-5-6-15-3-1-2-4-16(15)9-14/h1-9,13,18,35H,10-12H2,(H,28,34)(H,30,33). The third-order valence-electron chi connectivity index (χ3n) is 5.47. The summed E-state index contributed by atoms with van der Waals surface area (Å²) in [4.78, 5) is 24.1. The predicted molar refractivity (Wildman–Crippen MR) is 119 cm³/mol. The molecule has 3 aromatic carbocycles. The topological polar surface area (TPSA) is 109 Å². The summed E-state index contributed by atoms with van der Waals surface area (Å²) in [5.74, 6) is -6.29. The molecule has 180 valence electrons. The second kappa shape index (κ2) is 10.3. The summed E-state index contributed by atoms with van der Waals surface area (Å²) in [6.45, 7) is -0.174. The van der Waals surface area contributed by atoms with Crippen molar-refractivity contribution >= 4 is 22.6 Å². The molecule has 0 radical (unpaired) electrons. The maximum Gasteiger partial charge on any atom is 0.254 e. The van der Waals surface area contributed by atoms with Gasteiger partial charge in [-0.2, -0.15) is 0 Å². The van der Waals surface area contributed by atoms with E-state index in [0.29, 0.717) is 12.5 Å². The lowest BCUT2D eigenvalue weighted by Gasteiger charge is -2.16. The Labute approximate surface area is 197 Å². The van der Waals surface area contributed by atoms with Gasteiger partial charge in [0.2, 0.25) is 5.91 Å². The Kier molecular flexibility index (Phi) is 7.06. The largest absolute Gasteiger partial charge is 0.346 e. The summed E-state index contributed by atoms with van der Waals surface area (Å²) in [6.07, 6.45) is 1.80. The first kappa shape index (κ1) is 23.9. The molecule has 11 heteroatoms. The van der Waals surface area contributed by atoms with Gasteiger partial charge in [-0.25, -0.2) is 23.3 Å². The molecule has 4 aromatic rings. The van der Waals surface area contributed by atoms with Gasteiger partial charge in [0.25, 0.3) is 5.91 Å². The van der Waals surface area contributed by atoms with E-state index in [9.17, 15) is 22.8 Å². The SMILES string of the molecule is O=C(CC(Cc1ccc2ccccc2c1)n1cc(CNC(=O)c2ccc(F)c(F)c2F)nn1)NO. The Bertz CT molecular complexity index is 1390. The molecular formula is C24H20F3N5O3. The zero-order chi connectivity index (χ0) is 24.9. The Morgan fingerprint density at radius 3 is 2.54 bits per heavy atom. The minimum absolute atomic E-state index is 0.0987. The Morgan fingerprint density at radius 2 is 1.77 bits per heavy atom. The molecule has 0 aliphatic rings. The molecular weight excluding hydrogens is 463 g/mol. The molecule has 1 aromatic heterocycles. The highest BCUT2D eigenvalue weighted by molar-refractivity contribution is 5.94. The molecule has 0 saturated heterocycles. The van der Waals surface area contributed by atoms with Crippen molar-refractivity contribution < 1.29 is 28.0 Å². The number of halogens is 3. The van der Waals surface area contributed by atoms with E-state index in [1.54, 1.807) is 5.48 Å². The first-order chi connectivity index (χ1) is 16.9. The van der Waals surface area contributed by atoms with Gasteiger partial charge < -0.3 is 5.32 Å². The molecule has 1 heterocycles. The van der Waals surface area contributed by atoms with Gasteiger partial charge >= 0.3 is 0 Å². The molecule has 3 N–H and O–H groups in total. The molecule has 0 spiro atoms. The van der Waals surface area contributed by atoms with Gasteiger partial charge in [0.15, 0.2) is 17.5 Å². The zero-order valence-electron chi connectivity index (χ0n) is 18.2. The molecule has 0 fully saturated rings. The van der Waals surface area contributed by atoms with E-state index in [4.69, 9.17) is 5.21 Å². The quantitative estimate of drug-likeness (QED) is 0.202. The van der Waals surface area contributed by atoms with Crippen molar-refractivity contribution in [2.24, 2.45) is 0 Å². The van der Waals surface area contributed by atoms with Crippen molar-refractivity contribution in [3.8, 4) is 0 Å². The summed E-state index contributed by atoms with van der Waals surface area (Å²) in [7, 11) is 0. The lowest BCUT2D eigenvalue weighted by Crippen LogP contribution is -2.25. The van der Waals surface area contributed by atoms with Gasteiger partial charge in [0.1, 0.15) is 5.69 Å². The van der Waals surface area contributed by atoms with E-state index in [1.165, 1.54) is 10.9 Å². The van der Waals surface area contributed by atoms with Gasteiger partial charge in [0.05, 0.1) is 30.8 Å². The first-order valence-electron chi connectivity index (χ1n) is 10.6. The van der Waals surface area contributed by atoms with Crippen LogP contribution in [0.25, 0.3) is 10.8 Å². The van der Waals surface area contributed by atoms with Crippen LogP contribution in [-0.4, -0.2) is 32.0 Å². The molecule has 0 aliphatic carbocycles. The fraction of sp³-hybridized carbons (Fsp3) is 0.167. The number of carbonyl (C=O) groups is 2. The van der Waals surface area contributed by atoms with Gasteiger partial charge in [-0.05, 0) is 34.9 Å². The number of carbonyl (C=O) groups excluding carboxylic acids is 2. The van der Waals surface area contributed by atoms with Crippen molar-refractivity contribution in [1.82, 2.24) is 25.8 Å². The van der Waals surface area contributed by atoms with E-state index < -0.39 is 40.9 Å². The Hall–Kier alpha value is -4.25. The van der Waals surface area contributed by atoms with Gasteiger partial charge in [-0.1, -0.05) is 47.7 Å². The molecule has 0 saturated carbocycles. The summed E-state index contributed by atoms with van der Waals surface area (Å²) in [6, 6.07) is 14.7. The number of hydrogen-bond donors (Lipinski definition) is 3. The zero-order valence-corrected chi connectivity index (χ0v) is 18.2. The van der Waals surface area contributed by atoms with Crippen LogP contribution in [0.5, 0.6) is 0 Å². The molecule has 1 atom stereocenters. The van der Waals surface area contributed by atoms with Crippen LogP contribution < -0.4 is 10.8 Å². The van der Waals surface area contributed by atoms with Crippen LogP contribution in [-0.2, 0) is 17.8 Å². The first-order valence-corrected chi connectivity index (χ1v) is 10.6. The average molecular weight is 483 g/mol. The fourth-order valence-electron chi connectivity index (χ4n) is 3.70. The molecule has 0 bridgehead atoms. The van der Waals surface area contributed by atoms with E-state index in [0.717, 1.165) is 22.4 Å². The number of benzene rings is 3. The predicted octanol–water partition coefficient (Wildman–Crippen LogP) is 3.46. The monoisotopic (exact) mass is 483 g/mol. The smallest absolute Gasteiger partial charge is 0.254 e. The van der Waals surface area contributed by atoms with Crippen molar-refractivity contribution in [3.63, 3.8) is 0 Å². The third kappa shape index (κ3) is 5.46. The minimum atomic E-state index is -1.73. The van der Waals surface area contributed by atoms with Crippen molar-refractivity contribution in [2.45, 2.75) is 25.4 Å². The number of rotatable bonds is 8. The molecule has 0 aliphatic heterocycles. The number of nitrogens with one attached hydrogen (secondary N) is 2. The van der Waals surface area contributed by atoms with Crippen molar-refractivity contribution in [1.29, 1.82) is 0 Å². The minimum Gasteiger partial charge on any atom is -0.346 e. The van der Waals surface area contributed by atoms with Crippen LogP contribution >= 0.6 is 0 Å². The summed E-state index contributed by atoms with van der Waals surface area (Å²) < 4.78 is 41.8. The maximum atomic E-state index is 13.8. The third-order valence-corrected chi connectivity index (χ3v) is 5.47. The molecule has 1 unspecified atom stereocenters. The maximum absolute atomic E-state index is 13.8. The fourth-order valence-corrected chi connectivity index (χ4v) is 3.70. The second-order valence-electron chi connectivity index (χ2n) is 7.87. The van der Waals surface area contributed by atoms with E-state index in [1.807, 2.05) is 42.5 Å². The normalized spacial score (nSPS) is 11.9. The lowest BCUT2D eigenvalue weighted by atomic mass is 10.00. The number of hydrogen-bond acceptors (Lipinski definition) is 5. The number of amides is 2. The van der Waals surface area contributed by atoms with Crippen molar-refractivity contribution in [2.75, 3.05) is 0 Å². The highest BCUT2D eigenvalue weighted by Crippen LogP contribution is 2.22. The summed E-state index contributed by atoms with van der Waals surface area (Å²) in [5.41, 5.74) is 2.18. The second-order valence-corrected chi connectivity index (χ2v) is 7.87. The van der Waals surface area contributed by atoms with Crippen LogP contribution in [0.1, 0.15) is 34.1 Å². The van der Waals surface area contributed by atoms with Gasteiger partial charge in [-0.3, -0.25) is 14.8 Å². The Balaban J connectivity index is 1.49. The number of aromatic nitrogens is 3. The molecule has 2 amide bonds. The Morgan fingerprint density at radius 1 is 1.00 bits per heavy atom. The van der Waals surface area contributed by atoms with Crippen LogP contribution in [0.3, 0.4) is 0 Å². The van der Waals surface area contributed by atoms with Crippen LogP contribution in [0.4, 0.5) is 13.2 Å². The van der Waals surface area contributed by atoms with Crippen molar-refractivity contribution in [3.05, 3.63) is 95.1 Å².